The molecule has 0 aliphatic heterocycles. The van der Waals surface area contributed by atoms with Crippen molar-refractivity contribution in [1.82, 2.24) is 5.32 Å². The van der Waals surface area contributed by atoms with Crippen LogP contribution >= 0.6 is 12.4 Å². The van der Waals surface area contributed by atoms with Crippen molar-refractivity contribution in [1.29, 1.82) is 0 Å². The third kappa shape index (κ3) is 4.22. The van der Waals surface area contributed by atoms with Gasteiger partial charge in [-0.15, -0.1) is 12.4 Å². The number of carbonyl (C=O) groups excluding carboxylic acids is 1. The molecule has 0 heterocycles. The summed E-state index contributed by atoms with van der Waals surface area (Å²) in [6.45, 7) is 3.95. The maximum absolute atomic E-state index is 12.8. The number of hydrogen-bond acceptors (Lipinski definition) is 3. The molecule has 1 aromatic carbocycles. The highest BCUT2D eigenvalue weighted by Gasteiger charge is 2.40. The minimum absolute atomic E-state index is 0. The van der Waals surface area contributed by atoms with E-state index in [1.807, 2.05) is 38.1 Å². The topological polar surface area (TPSA) is 64.3 Å². The molecule has 2 bridgehead atoms. The van der Waals surface area contributed by atoms with Gasteiger partial charge in [0.15, 0.2) is 0 Å². The maximum Gasteiger partial charge on any atom is 0.255 e. The molecule has 2 aliphatic rings. The average Bonchev–Trinajstić information content (AvgIpc) is 2.48. The van der Waals surface area contributed by atoms with E-state index in [9.17, 15) is 4.79 Å². The second-order valence-electron chi connectivity index (χ2n) is 7.34. The smallest absolute Gasteiger partial charge is 0.255 e. The van der Waals surface area contributed by atoms with Gasteiger partial charge in [0, 0.05) is 12.1 Å². The molecule has 134 valence electrons. The van der Waals surface area contributed by atoms with Crippen LogP contribution in [0.15, 0.2) is 24.3 Å². The lowest BCUT2D eigenvalue weighted by Crippen LogP contribution is -2.53. The highest BCUT2D eigenvalue weighted by Crippen LogP contribution is 2.39. The van der Waals surface area contributed by atoms with Gasteiger partial charge in [0.25, 0.3) is 5.91 Å². The highest BCUT2D eigenvalue weighted by atomic mass is 35.5. The molecule has 2 saturated carbocycles. The van der Waals surface area contributed by atoms with E-state index in [1.165, 1.54) is 19.3 Å². The molecule has 3 rings (SSSR count). The molecule has 0 aromatic heterocycles. The summed E-state index contributed by atoms with van der Waals surface area (Å²) in [6.07, 6.45) is 5.74. The number of para-hydroxylation sites is 1. The fraction of sp³-hybridized carbons (Fsp3) is 0.632. The number of hydrogen-bond donors (Lipinski definition) is 2. The number of nitrogens with one attached hydrogen (secondary N) is 1. The van der Waals surface area contributed by atoms with Crippen LogP contribution < -0.4 is 15.8 Å². The van der Waals surface area contributed by atoms with Crippen LogP contribution in [0.4, 0.5) is 0 Å². The van der Waals surface area contributed by atoms with E-state index in [2.05, 4.69) is 5.32 Å². The summed E-state index contributed by atoms with van der Waals surface area (Å²) in [7, 11) is 0. The lowest BCUT2D eigenvalue weighted by molar-refractivity contribution is 0.0751. The fourth-order valence-corrected chi connectivity index (χ4v) is 4.26. The number of halogens is 1. The van der Waals surface area contributed by atoms with Crippen LogP contribution in [0.25, 0.3) is 0 Å². The van der Waals surface area contributed by atoms with E-state index in [0.29, 0.717) is 29.2 Å². The van der Waals surface area contributed by atoms with Crippen molar-refractivity contribution in [3.8, 4) is 5.75 Å². The van der Waals surface area contributed by atoms with E-state index >= 15 is 0 Å². The zero-order valence-corrected chi connectivity index (χ0v) is 15.4. The SMILES string of the molecule is CC(C)Oc1ccccc1C(=O)NC1C2CCCC1CC(N)C2.Cl. The van der Waals surface area contributed by atoms with Crippen LogP contribution in [0.3, 0.4) is 0 Å². The van der Waals surface area contributed by atoms with Crippen molar-refractivity contribution in [2.24, 2.45) is 17.6 Å². The van der Waals surface area contributed by atoms with E-state index in [1.54, 1.807) is 0 Å². The molecule has 2 atom stereocenters. The molecule has 0 spiro atoms. The number of benzene rings is 1. The molecule has 2 aliphatic carbocycles. The van der Waals surface area contributed by atoms with Crippen LogP contribution in [-0.4, -0.2) is 24.1 Å². The Balaban J connectivity index is 0.00000208. The van der Waals surface area contributed by atoms with Crippen LogP contribution in [0.5, 0.6) is 5.75 Å². The highest BCUT2D eigenvalue weighted by molar-refractivity contribution is 5.97. The molecule has 2 fully saturated rings. The van der Waals surface area contributed by atoms with Gasteiger partial charge in [-0.2, -0.15) is 0 Å². The van der Waals surface area contributed by atoms with Gasteiger partial charge in [-0.3, -0.25) is 4.79 Å². The van der Waals surface area contributed by atoms with E-state index in [4.69, 9.17) is 10.5 Å². The second kappa shape index (κ2) is 8.21. The van der Waals surface area contributed by atoms with Gasteiger partial charge in [0.1, 0.15) is 5.75 Å². The Hall–Kier alpha value is -1.26. The number of amides is 1. The van der Waals surface area contributed by atoms with Crippen LogP contribution in [0, 0.1) is 11.8 Å². The van der Waals surface area contributed by atoms with E-state index in [-0.39, 0.29) is 30.5 Å². The molecular weight excluding hydrogens is 324 g/mol. The molecule has 1 amide bonds. The number of rotatable bonds is 4. The summed E-state index contributed by atoms with van der Waals surface area (Å²) in [6, 6.07) is 8.07. The summed E-state index contributed by atoms with van der Waals surface area (Å²) in [5.41, 5.74) is 6.81. The maximum atomic E-state index is 12.8. The Morgan fingerprint density at radius 3 is 2.46 bits per heavy atom. The number of carbonyl (C=O) groups is 1. The lowest BCUT2D eigenvalue weighted by Gasteiger charge is -2.45. The average molecular weight is 353 g/mol. The molecule has 4 nitrogen and oxygen atoms in total. The normalized spacial score (nSPS) is 28.8. The molecule has 1 aromatic rings. The molecule has 24 heavy (non-hydrogen) atoms. The zero-order valence-electron chi connectivity index (χ0n) is 14.5. The summed E-state index contributed by atoms with van der Waals surface area (Å²) < 4.78 is 5.79. The first-order valence-corrected chi connectivity index (χ1v) is 8.86. The van der Waals surface area contributed by atoms with Gasteiger partial charge in [0.2, 0.25) is 0 Å². The van der Waals surface area contributed by atoms with Crippen LogP contribution in [0.1, 0.15) is 56.3 Å². The lowest BCUT2D eigenvalue weighted by atomic mass is 9.67. The Kier molecular flexibility index (Phi) is 6.53. The summed E-state index contributed by atoms with van der Waals surface area (Å²) in [5.74, 6) is 1.70. The zero-order chi connectivity index (χ0) is 16.4. The summed E-state index contributed by atoms with van der Waals surface area (Å²) in [5, 5.41) is 3.30. The molecule has 5 heteroatoms. The van der Waals surface area contributed by atoms with E-state index < -0.39 is 0 Å². The van der Waals surface area contributed by atoms with E-state index in [0.717, 1.165) is 12.8 Å². The monoisotopic (exact) mass is 352 g/mol. The first-order valence-electron chi connectivity index (χ1n) is 8.86. The molecule has 0 radical (unpaired) electrons. The number of fused-ring (bicyclic) bond motifs is 2. The standard InChI is InChI=1S/C19H28N2O2.ClH/c1-12(2)23-17-9-4-3-8-16(17)19(22)21-18-13-6-5-7-14(18)11-15(20)10-13;/h3-4,8-9,12-15,18H,5-7,10-11,20H2,1-2H3,(H,21,22);1H. The molecule has 3 N–H and O–H groups in total. The molecule has 0 saturated heterocycles. The Labute approximate surface area is 150 Å². The first-order chi connectivity index (χ1) is 11.0. The van der Waals surface area contributed by atoms with Gasteiger partial charge in [-0.05, 0) is 63.5 Å². The predicted molar refractivity (Wildman–Crippen MR) is 98.7 cm³/mol. The van der Waals surface area contributed by atoms with Crippen molar-refractivity contribution in [3.63, 3.8) is 0 Å². The quantitative estimate of drug-likeness (QED) is 0.871. The summed E-state index contributed by atoms with van der Waals surface area (Å²) in [4.78, 5) is 12.8. The molecular formula is C19H29ClN2O2. The van der Waals surface area contributed by atoms with Gasteiger partial charge < -0.3 is 15.8 Å². The van der Waals surface area contributed by atoms with Crippen molar-refractivity contribution >= 4 is 18.3 Å². The second-order valence-corrected chi connectivity index (χ2v) is 7.34. The van der Waals surface area contributed by atoms with Crippen molar-refractivity contribution < 1.29 is 9.53 Å². The largest absolute Gasteiger partial charge is 0.490 e. The molecule has 2 unspecified atom stereocenters. The third-order valence-corrected chi connectivity index (χ3v) is 5.17. The number of nitrogens with two attached hydrogens (primary N) is 1. The van der Waals surface area contributed by atoms with Crippen molar-refractivity contribution in [2.45, 2.75) is 64.1 Å². The van der Waals surface area contributed by atoms with Crippen molar-refractivity contribution in [3.05, 3.63) is 29.8 Å². The Morgan fingerprint density at radius 1 is 1.21 bits per heavy atom. The van der Waals surface area contributed by atoms with Gasteiger partial charge in [0.05, 0.1) is 11.7 Å². The van der Waals surface area contributed by atoms with Crippen LogP contribution in [-0.2, 0) is 0 Å². The Bertz CT molecular complexity index is 550. The fourth-order valence-electron chi connectivity index (χ4n) is 4.26. The Morgan fingerprint density at radius 2 is 1.83 bits per heavy atom. The van der Waals surface area contributed by atoms with Crippen molar-refractivity contribution in [2.75, 3.05) is 0 Å². The van der Waals surface area contributed by atoms with Gasteiger partial charge >= 0.3 is 0 Å². The van der Waals surface area contributed by atoms with Gasteiger partial charge in [-0.1, -0.05) is 18.6 Å². The number of ether oxygens (including phenoxy) is 1. The minimum atomic E-state index is -0.0152. The first kappa shape index (κ1) is 19.1. The third-order valence-electron chi connectivity index (χ3n) is 5.17. The van der Waals surface area contributed by atoms with Gasteiger partial charge in [-0.25, -0.2) is 0 Å². The predicted octanol–water partition coefficient (Wildman–Crippen LogP) is 3.53. The van der Waals surface area contributed by atoms with Crippen LogP contribution in [0.2, 0.25) is 0 Å². The minimum Gasteiger partial charge on any atom is -0.490 e. The summed E-state index contributed by atoms with van der Waals surface area (Å²) >= 11 is 0.